The van der Waals surface area contributed by atoms with E-state index in [1.165, 1.54) is 11.1 Å². The number of benzene rings is 1. The maximum absolute atomic E-state index is 12.2. The average molecular weight is 276 g/mol. The molecule has 1 amide bonds. The van der Waals surface area contributed by atoms with E-state index in [1.54, 1.807) is 7.11 Å². The molecular weight excluding hydrogens is 252 g/mol. The number of carbonyl (C=O) groups excluding carboxylic acids is 1. The first-order chi connectivity index (χ1) is 9.76. The molecule has 0 saturated carbocycles. The predicted octanol–water partition coefficient (Wildman–Crippen LogP) is 1.76. The van der Waals surface area contributed by atoms with E-state index in [0.717, 1.165) is 19.4 Å². The van der Waals surface area contributed by atoms with Gasteiger partial charge in [0.25, 0.3) is 0 Å². The Kier molecular flexibility index (Phi) is 5.56. The van der Waals surface area contributed by atoms with E-state index in [9.17, 15) is 4.79 Å². The van der Waals surface area contributed by atoms with Gasteiger partial charge in [0.05, 0.1) is 13.2 Å². The zero-order valence-electron chi connectivity index (χ0n) is 12.4. The Morgan fingerprint density at radius 1 is 1.45 bits per heavy atom. The molecule has 1 N–H and O–H groups in total. The van der Waals surface area contributed by atoms with Crippen molar-refractivity contribution in [3.63, 3.8) is 0 Å². The number of hydrogen-bond acceptors (Lipinski definition) is 3. The lowest BCUT2D eigenvalue weighted by Gasteiger charge is -2.22. The Hall–Kier alpha value is -1.39. The number of methoxy groups -OCH3 is 1. The van der Waals surface area contributed by atoms with E-state index in [1.807, 2.05) is 11.8 Å². The summed E-state index contributed by atoms with van der Waals surface area (Å²) in [5, 5.41) is 3.40. The van der Waals surface area contributed by atoms with Crippen molar-refractivity contribution in [2.24, 2.45) is 0 Å². The molecule has 1 aliphatic carbocycles. The summed E-state index contributed by atoms with van der Waals surface area (Å²) in [6.45, 7) is 4.38. The molecule has 0 bridgehead atoms. The number of aryl methyl sites for hydroxylation is 1. The van der Waals surface area contributed by atoms with Gasteiger partial charge in [0, 0.05) is 26.2 Å². The molecule has 1 unspecified atom stereocenters. The van der Waals surface area contributed by atoms with Crippen LogP contribution in [0, 0.1) is 0 Å². The van der Waals surface area contributed by atoms with Crippen molar-refractivity contribution in [1.29, 1.82) is 0 Å². The number of amides is 1. The lowest BCUT2D eigenvalue weighted by molar-refractivity contribution is -0.130. The van der Waals surface area contributed by atoms with E-state index in [2.05, 4.69) is 29.6 Å². The quantitative estimate of drug-likeness (QED) is 0.825. The molecule has 0 radical (unpaired) electrons. The minimum atomic E-state index is 0.147. The zero-order valence-corrected chi connectivity index (χ0v) is 12.4. The molecule has 2 rings (SSSR count). The van der Waals surface area contributed by atoms with Gasteiger partial charge in [-0.1, -0.05) is 24.3 Å². The third-order valence-electron chi connectivity index (χ3n) is 3.93. The van der Waals surface area contributed by atoms with Crippen LogP contribution >= 0.6 is 0 Å². The monoisotopic (exact) mass is 276 g/mol. The summed E-state index contributed by atoms with van der Waals surface area (Å²) in [4.78, 5) is 14.0. The normalized spacial score (nSPS) is 17.0. The van der Waals surface area contributed by atoms with Crippen molar-refractivity contribution in [3.05, 3.63) is 35.4 Å². The molecule has 1 aromatic rings. The van der Waals surface area contributed by atoms with Crippen molar-refractivity contribution in [2.45, 2.75) is 25.8 Å². The van der Waals surface area contributed by atoms with Gasteiger partial charge >= 0.3 is 0 Å². The Labute approximate surface area is 121 Å². The smallest absolute Gasteiger partial charge is 0.236 e. The second kappa shape index (κ2) is 7.41. The molecule has 1 aliphatic rings. The summed E-state index contributed by atoms with van der Waals surface area (Å²) >= 11 is 0. The number of carbonyl (C=O) groups is 1. The van der Waals surface area contributed by atoms with Gasteiger partial charge in [0.15, 0.2) is 0 Å². The first-order valence-corrected chi connectivity index (χ1v) is 7.34. The SMILES string of the molecule is CCN(CCOC)C(=O)CNC1CCc2ccccc21. The Morgan fingerprint density at radius 3 is 3.00 bits per heavy atom. The average Bonchev–Trinajstić information content (AvgIpc) is 2.89. The minimum absolute atomic E-state index is 0.147. The van der Waals surface area contributed by atoms with Crippen LogP contribution in [0.3, 0.4) is 0 Å². The molecule has 0 heterocycles. The van der Waals surface area contributed by atoms with Crippen molar-refractivity contribution >= 4 is 5.91 Å². The number of ether oxygens (including phenoxy) is 1. The van der Waals surface area contributed by atoms with Gasteiger partial charge in [-0.3, -0.25) is 4.79 Å². The molecule has 0 saturated heterocycles. The maximum Gasteiger partial charge on any atom is 0.236 e. The van der Waals surface area contributed by atoms with Crippen LogP contribution in [-0.2, 0) is 16.0 Å². The van der Waals surface area contributed by atoms with E-state index in [4.69, 9.17) is 4.74 Å². The lowest BCUT2D eigenvalue weighted by atomic mass is 10.1. The van der Waals surface area contributed by atoms with Crippen molar-refractivity contribution in [3.8, 4) is 0 Å². The van der Waals surface area contributed by atoms with Gasteiger partial charge in [0.1, 0.15) is 0 Å². The second-order valence-electron chi connectivity index (χ2n) is 5.14. The highest BCUT2D eigenvalue weighted by atomic mass is 16.5. The van der Waals surface area contributed by atoms with Gasteiger partial charge in [-0.2, -0.15) is 0 Å². The van der Waals surface area contributed by atoms with E-state index >= 15 is 0 Å². The number of rotatable bonds is 7. The van der Waals surface area contributed by atoms with E-state index < -0.39 is 0 Å². The Balaban J connectivity index is 1.85. The summed E-state index contributed by atoms with van der Waals surface area (Å²) in [6, 6.07) is 8.80. The molecular formula is C16H24N2O2. The van der Waals surface area contributed by atoms with E-state index in [-0.39, 0.29) is 5.91 Å². The lowest BCUT2D eigenvalue weighted by Crippen LogP contribution is -2.40. The molecule has 1 atom stereocenters. The summed E-state index contributed by atoms with van der Waals surface area (Å²) in [5.41, 5.74) is 2.75. The summed E-state index contributed by atoms with van der Waals surface area (Å²) in [7, 11) is 1.66. The first kappa shape index (κ1) is 15.0. The Morgan fingerprint density at radius 2 is 2.25 bits per heavy atom. The number of hydrogen-bond donors (Lipinski definition) is 1. The second-order valence-corrected chi connectivity index (χ2v) is 5.14. The molecule has 0 aliphatic heterocycles. The standard InChI is InChI=1S/C16H24N2O2/c1-3-18(10-11-20-2)16(19)12-17-15-9-8-13-6-4-5-7-14(13)15/h4-7,15,17H,3,8-12H2,1-2H3. The topological polar surface area (TPSA) is 41.6 Å². The van der Waals surface area contributed by atoms with Crippen molar-refractivity contribution < 1.29 is 9.53 Å². The molecule has 4 nitrogen and oxygen atoms in total. The fraction of sp³-hybridized carbons (Fsp3) is 0.562. The van der Waals surface area contributed by atoms with Crippen molar-refractivity contribution in [2.75, 3.05) is 33.4 Å². The molecule has 0 aromatic heterocycles. The number of likely N-dealkylation sites (N-methyl/N-ethyl adjacent to an activating group) is 1. The fourth-order valence-electron chi connectivity index (χ4n) is 2.75. The zero-order chi connectivity index (χ0) is 14.4. The highest BCUT2D eigenvalue weighted by Gasteiger charge is 2.22. The largest absolute Gasteiger partial charge is 0.383 e. The van der Waals surface area contributed by atoms with Crippen LogP contribution in [-0.4, -0.2) is 44.2 Å². The fourth-order valence-corrected chi connectivity index (χ4v) is 2.75. The summed E-state index contributed by atoms with van der Waals surface area (Å²) < 4.78 is 5.03. The molecule has 4 heteroatoms. The molecule has 20 heavy (non-hydrogen) atoms. The molecule has 0 spiro atoms. The van der Waals surface area contributed by atoms with Crippen LogP contribution in [0.25, 0.3) is 0 Å². The van der Waals surface area contributed by atoms with Crippen LogP contribution in [0.4, 0.5) is 0 Å². The van der Waals surface area contributed by atoms with Gasteiger partial charge in [0.2, 0.25) is 5.91 Å². The highest BCUT2D eigenvalue weighted by Crippen LogP contribution is 2.30. The van der Waals surface area contributed by atoms with Crippen LogP contribution in [0.2, 0.25) is 0 Å². The van der Waals surface area contributed by atoms with Crippen molar-refractivity contribution in [1.82, 2.24) is 10.2 Å². The Bertz CT molecular complexity index is 448. The van der Waals surface area contributed by atoms with Crippen LogP contribution < -0.4 is 5.32 Å². The van der Waals surface area contributed by atoms with Gasteiger partial charge < -0.3 is 15.0 Å². The number of fused-ring (bicyclic) bond motifs is 1. The van der Waals surface area contributed by atoms with Gasteiger partial charge in [-0.25, -0.2) is 0 Å². The third kappa shape index (κ3) is 3.58. The predicted molar refractivity (Wildman–Crippen MR) is 79.6 cm³/mol. The number of nitrogens with zero attached hydrogens (tertiary/aromatic N) is 1. The molecule has 110 valence electrons. The van der Waals surface area contributed by atoms with Crippen LogP contribution in [0.15, 0.2) is 24.3 Å². The number of nitrogens with one attached hydrogen (secondary N) is 1. The molecule has 0 fully saturated rings. The van der Waals surface area contributed by atoms with Crippen LogP contribution in [0.5, 0.6) is 0 Å². The summed E-state index contributed by atoms with van der Waals surface area (Å²) in [6.07, 6.45) is 2.18. The van der Waals surface area contributed by atoms with Crippen LogP contribution in [0.1, 0.15) is 30.5 Å². The summed E-state index contributed by atoms with van der Waals surface area (Å²) in [5.74, 6) is 0.147. The third-order valence-corrected chi connectivity index (χ3v) is 3.93. The first-order valence-electron chi connectivity index (χ1n) is 7.34. The highest BCUT2D eigenvalue weighted by molar-refractivity contribution is 5.78. The maximum atomic E-state index is 12.2. The van der Waals surface area contributed by atoms with E-state index in [0.29, 0.717) is 25.7 Å². The minimum Gasteiger partial charge on any atom is -0.383 e. The molecule has 1 aromatic carbocycles. The van der Waals surface area contributed by atoms with Gasteiger partial charge in [-0.05, 0) is 30.9 Å². The van der Waals surface area contributed by atoms with Gasteiger partial charge in [-0.15, -0.1) is 0 Å².